The number of hydrogen-bond donors (Lipinski definition) is 0. The van der Waals surface area contributed by atoms with E-state index in [9.17, 15) is 12.8 Å². The fourth-order valence-electron chi connectivity index (χ4n) is 2.66. The molecule has 4 nitrogen and oxygen atoms in total. The number of sulfonamides is 1. The number of likely N-dealkylation sites (tertiary alicyclic amines) is 1. The molecular weight excluding hydrogens is 291 g/mol. The molecule has 1 fully saturated rings. The summed E-state index contributed by atoms with van der Waals surface area (Å²) in [6.07, 6.45) is 3.64. The van der Waals surface area contributed by atoms with Crippen LogP contribution in [0.2, 0.25) is 0 Å². The van der Waals surface area contributed by atoms with E-state index in [4.69, 9.17) is 0 Å². The van der Waals surface area contributed by atoms with E-state index < -0.39 is 15.8 Å². The molecule has 1 heterocycles. The van der Waals surface area contributed by atoms with Gasteiger partial charge >= 0.3 is 0 Å². The van der Waals surface area contributed by atoms with Crippen LogP contribution in [-0.2, 0) is 10.0 Å². The lowest BCUT2D eigenvalue weighted by atomic mass is 10.1. The molecule has 1 aromatic carbocycles. The van der Waals surface area contributed by atoms with Gasteiger partial charge in [-0.25, -0.2) is 12.8 Å². The quantitative estimate of drug-likeness (QED) is 0.837. The highest BCUT2D eigenvalue weighted by molar-refractivity contribution is 7.89. The Morgan fingerprint density at radius 1 is 1.24 bits per heavy atom. The average molecular weight is 314 g/mol. The summed E-state index contributed by atoms with van der Waals surface area (Å²) in [4.78, 5) is 2.48. The van der Waals surface area contributed by atoms with Crippen LogP contribution in [0.1, 0.15) is 24.8 Å². The van der Waals surface area contributed by atoms with Crippen molar-refractivity contribution in [2.45, 2.75) is 31.1 Å². The number of likely N-dealkylation sites (N-methyl/N-ethyl adjacent to an activating group) is 1. The van der Waals surface area contributed by atoms with Gasteiger partial charge in [0.25, 0.3) is 0 Å². The molecule has 0 aliphatic carbocycles. The summed E-state index contributed by atoms with van der Waals surface area (Å²) >= 11 is 0. The molecule has 118 valence electrons. The van der Waals surface area contributed by atoms with E-state index in [1.807, 2.05) is 0 Å². The molecule has 0 amide bonds. The number of nitrogens with zero attached hydrogens (tertiary/aromatic N) is 2. The van der Waals surface area contributed by atoms with Crippen molar-refractivity contribution >= 4 is 10.0 Å². The first-order valence-electron chi connectivity index (χ1n) is 7.36. The summed E-state index contributed by atoms with van der Waals surface area (Å²) in [5.74, 6) is -0.414. The van der Waals surface area contributed by atoms with Crippen molar-refractivity contribution in [1.29, 1.82) is 0 Å². The Kier molecular flexibility index (Phi) is 5.35. The molecule has 21 heavy (non-hydrogen) atoms. The van der Waals surface area contributed by atoms with E-state index in [-0.39, 0.29) is 4.90 Å². The van der Waals surface area contributed by atoms with Crippen molar-refractivity contribution in [2.24, 2.45) is 0 Å². The minimum absolute atomic E-state index is 0.185. The van der Waals surface area contributed by atoms with Gasteiger partial charge in [0, 0.05) is 20.1 Å². The third-order valence-corrected chi connectivity index (χ3v) is 6.02. The summed E-state index contributed by atoms with van der Waals surface area (Å²) in [6.45, 7) is 4.91. The van der Waals surface area contributed by atoms with Crippen LogP contribution in [-0.4, -0.2) is 50.8 Å². The Labute approximate surface area is 126 Å². The van der Waals surface area contributed by atoms with Crippen molar-refractivity contribution < 1.29 is 12.8 Å². The number of halogens is 1. The number of hydrogen-bond acceptors (Lipinski definition) is 3. The van der Waals surface area contributed by atoms with Crippen LogP contribution in [0, 0.1) is 12.7 Å². The fraction of sp³-hybridized carbons (Fsp3) is 0.600. The highest BCUT2D eigenvalue weighted by Gasteiger charge is 2.23. The minimum Gasteiger partial charge on any atom is -0.302 e. The first-order valence-corrected chi connectivity index (χ1v) is 8.80. The van der Waals surface area contributed by atoms with Crippen LogP contribution in [0.15, 0.2) is 23.1 Å². The van der Waals surface area contributed by atoms with Crippen LogP contribution in [0.5, 0.6) is 0 Å². The molecule has 1 saturated heterocycles. The Bertz CT molecular complexity index is 583. The predicted octanol–water partition coefficient (Wildman–Crippen LogP) is 2.24. The SMILES string of the molecule is Cc1cc(F)ccc1S(=O)(=O)N(C)CCN1CCCCC1. The Morgan fingerprint density at radius 3 is 2.52 bits per heavy atom. The van der Waals surface area contributed by atoms with Crippen LogP contribution < -0.4 is 0 Å². The maximum absolute atomic E-state index is 13.1. The smallest absolute Gasteiger partial charge is 0.243 e. The fourth-order valence-corrected chi connectivity index (χ4v) is 4.02. The van der Waals surface area contributed by atoms with Gasteiger partial charge in [0.15, 0.2) is 0 Å². The van der Waals surface area contributed by atoms with Crippen LogP contribution in [0.4, 0.5) is 4.39 Å². The Balaban J connectivity index is 2.04. The summed E-state index contributed by atoms with van der Waals surface area (Å²) in [6, 6.07) is 3.79. The summed E-state index contributed by atoms with van der Waals surface area (Å²) in [5.41, 5.74) is 0.444. The maximum Gasteiger partial charge on any atom is 0.243 e. The lowest BCUT2D eigenvalue weighted by molar-refractivity contribution is 0.218. The second-order valence-corrected chi connectivity index (χ2v) is 7.65. The van der Waals surface area contributed by atoms with Gasteiger partial charge < -0.3 is 4.90 Å². The molecule has 1 aromatic rings. The largest absolute Gasteiger partial charge is 0.302 e. The molecule has 0 saturated carbocycles. The van der Waals surface area contributed by atoms with Crippen molar-refractivity contribution in [3.63, 3.8) is 0 Å². The van der Waals surface area contributed by atoms with Gasteiger partial charge in [-0.1, -0.05) is 6.42 Å². The van der Waals surface area contributed by atoms with E-state index in [0.717, 1.165) is 19.6 Å². The maximum atomic E-state index is 13.1. The van der Waals surface area contributed by atoms with Gasteiger partial charge in [0.2, 0.25) is 10.0 Å². The van der Waals surface area contributed by atoms with Crippen LogP contribution >= 0.6 is 0 Å². The van der Waals surface area contributed by atoms with Crippen molar-refractivity contribution in [1.82, 2.24) is 9.21 Å². The molecule has 0 aromatic heterocycles. The van der Waals surface area contributed by atoms with Gasteiger partial charge in [-0.15, -0.1) is 0 Å². The van der Waals surface area contributed by atoms with E-state index >= 15 is 0 Å². The van der Waals surface area contributed by atoms with Crippen molar-refractivity contribution in [3.8, 4) is 0 Å². The van der Waals surface area contributed by atoms with Gasteiger partial charge in [0.05, 0.1) is 4.90 Å². The molecule has 2 rings (SSSR count). The predicted molar refractivity (Wildman–Crippen MR) is 81.2 cm³/mol. The van der Waals surface area contributed by atoms with Gasteiger partial charge in [-0.3, -0.25) is 0 Å². The second kappa shape index (κ2) is 6.85. The van der Waals surface area contributed by atoms with E-state index in [2.05, 4.69) is 4.90 Å². The van der Waals surface area contributed by atoms with Crippen molar-refractivity contribution in [3.05, 3.63) is 29.6 Å². The average Bonchev–Trinajstić information content (AvgIpc) is 2.45. The third-order valence-electron chi connectivity index (χ3n) is 4.01. The first kappa shape index (κ1) is 16.4. The van der Waals surface area contributed by atoms with Gasteiger partial charge in [-0.05, 0) is 56.6 Å². The molecule has 1 aliphatic heterocycles. The lowest BCUT2D eigenvalue weighted by Crippen LogP contribution is -2.38. The first-order chi connectivity index (χ1) is 9.91. The van der Waals surface area contributed by atoms with E-state index in [0.29, 0.717) is 12.1 Å². The molecule has 0 N–H and O–H groups in total. The molecular formula is C15H23FN2O2S. The highest BCUT2D eigenvalue weighted by atomic mass is 32.2. The van der Waals surface area contributed by atoms with Gasteiger partial charge in [0.1, 0.15) is 5.82 Å². The number of piperidine rings is 1. The van der Waals surface area contributed by atoms with Crippen LogP contribution in [0.25, 0.3) is 0 Å². The standard InChI is InChI=1S/C15H23FN2O2S/c1-13-12-14(16)6-7-15(13)21(19,20)17(2)10-11-18-8-4-3-5-9-18/h6-7,12H,3-5,8-11H2,1-2H3. The molecule has 1 aliphatic rings. The Morgan fingerprint density at radius 2 is 1.90 bits per heavy atom. The molecule has 0 unspecified atom stereocenters. The number of benzene rings is 1. The molecule has 0 atom stereocenters. The molecule has 6 heteroatoms. The summed E-state index contributed by atoms with van der Waals surface area (Å²) in [5, 5.41) is 0. The van der Waals surface area contributed by atoms with Crippen molar-refractivity contribution in [2.75, 3.05) is 33.2 Å². The third kappa shape index (κ3) is 4.02. The number of aryl methyl sites for hydroxylation is 1. The second-order valence-electron chi connectivity index (χ2n) is 5.64. The summed E-state index contributed by atoms with van der Waals surface area (Å²) in [7, 11) is -1.96. The van der Waals surface area contributed by atoms with Gasteiger partial charge in [-0.2, -0.15) is 4.31 Å². The zero-order valence-corrected chi connectivity index (χ0v) is 13.5. The normalized spacial score (nSPS) is 17.3. The molecule has 0 radical (unpaired) electrons. The molecule has 0 spiro atoms. The zero-order chi connectivity index (χ0) is 15.5. The number of rotatable bonds is 5. The highest BCUT2D eigenvalue weighted by Crippen LogP contribution is 2.20. The lowest BCUT2D eigenvalue weighted by Gasteiger charge is -2.28. The monoisotopic (exact) mass is 314 g/mol. The van der Waals surface area contributed by atoms with E-state index in [1.165, 1.54) is 41.8 Å². The topological polar surface area (TPSA) is 40.6 Å². The minimum atomic E-state index is -3.55. The van der Waals surface area contributed by atoms with E-state index in [1.54, 1.807) is 14.0 Å². The zero-order valence-electron chi connectivity index (χ0n) is 12.7. The van der Waals surface area contributed by atoms with Crippen LogP contribution in [0.3, 0.4) is 0 Å². The molecule has 0 bridgehead atoms. The summed E-state index contributed by atoms with van der Waals surface area (Å²) < 4.78 is 39.5. The Hall–Kier alpha value is -0.980.